The molecule has 11 N–H and O–H groups in total. The second-order valence-electron chi connectivity index (χ2n) is 26.1. The fourth-order valence-electron chi connectivity index (χ4n) is 9.94. The van der Waals surface area contributed by atoms with Gasteiger partial charge in [-0.3, -0.25) is 38.4 Å². The molecule has 40 nitrogen and oxygen atoms in total. The molecule has 0 unspecified atom stereocenters. The Labute approximate surface area is 654 Å². The number of hydrogen-bond acceptors (Lipinski definition) is 35. The molecule has 2 aliphatic rings. The second kappa shape index (κ2) is 57.6. The van der Waals surface area contributed by atoms with Gasteiger partial charge in [0.2, 0.25) is 18.5 Å². The number of ether oxygens (including phenoxy) is 19. The molecule has 0 aromatic heterocycles. The van der Waals surface area contributed by atoms with Crippen molar-refractivity contribution in [3.05, 3.63) is 58.7 Å². The molecular formula is C73H114N4O36. The summed E-state index contributed by atoms with van der Waals surface area (Å²) in [6.45, 7) is 12.0. The van der Waals surface area contributed by atoms with Crippen molar-refractivity contribution in [3.8, 4) is 11.5 Å². The van der Waals surface area contributed by atoms with Crippen LogP contribution in [-0.2, 0) is 127 Å². The van der Waals surface area contributed by atoms with E-state index in [1.807, 2.05) is 0 Å². The Morgan fingerprint density at radius 2 is 0.903 bits per heavy atom. The number of rotatable bonds is 63. The van der Waals surface area contributed by atoms with Crippen molar-refractivity contribution in [2.45, 2.75) is 153 Å². The first-order chi connectivity index (χ1) is 54.2. The topological polar surface area (TPSA) is 528 Å². The first kappa shape index (κ1) is 98.0. The highest BCUT2D eigenvalue weighted by Gasteiger charge is 2.48. The third-order valence-electron chi connectivity index (χ3n) is 15.6. The normalized spacial score (nSPS) is 19.2. The van der Waals surface area contributed by atoms with Crippen LogP contribution in [-0.4, -0.2) is 341 Å². The minimum absolute atomic E-state index is 0.0124. The van der Waals surface area contributed by atoms with Crippen LogP contribution in [0.5, 0.6) is 11.5 Å². The van der Waals surface area contributed by atoms with Gasteiger partial charge in [0.25, 0.3) is 11.8 Å². The minimum Gasteiger partial charge on any atom is -0.479 e. The maximum Gasteiger partial charge on any atom is 0.431 e. The van der Waals surface area contributed by atoms with E-state index in [-0.39, 0.29) is 245 Å². The first-order valence-corrected chi connectivity index (χ1v) is 37.1. The number of hydrogen-bond donors (Lipinski definition) is 11. The molecule has 2 fully saturated rings. The highest BCUT2D eigenvalue weighted by Crippen LogP contribution is 2.29. The Balaban J connectivity index is 1.02. The lowest BCUT2D eigenvalue weighted by Gasteiger charge is -2.38. The summed E-state index contributed by atoms with van der Waals surface area (Å²) in [6.07, 6.45) is -15.0. The predicted molar refractivity (Wildman–Crippen MR) is 387 cm³/mol. The van der Waals surface area contributed by atoms with Gasteiger partial charge in [-0.05, 0) is 75.4 Å². The number of carbonyl (C=O) groups is 9. The van der Waals surface area contributed by atoms with E-state index >= 15 is 0 Å². The van der Waals surface area contributed by atoms with Gasteiger partial charge in [0, 0.05) is 59.4 Å². The third-order valence-corrected chi connectivity index (χ3v) is 15.6. The molecule has 40 heteroatoms. The van der Waals surface area contributed by atoms with Crippen molar-refractivity contribution >= 4 is 53.3 Å². The van der Waals surface area contributed by atoms with E-state index in [1.165, 1.54) is 44.2 Å². The number of Topliss-reactive ketones (excluding diaryl/α,β-unsaturated/α-hetero) is 2. The Hall–Kier alpha value is -7.37. The highest BCUT2D eigenvalue weighted by molar-refractivity contribution is 5.98. The van der Waals surface area contributed by atoms with E-state index in [4.69, 9.17) is 94.8 Å². The molecule has 2 aliphatic heterocycles. The van der Waals surface area contributed by atoms with Gasteiger partial charge in [-0.1, -0.05) is 12.1 Å². The number of amides is 4. The fourth-order valence-corrected chi connectivity index (χ4v) is 9.94. The summed E-state index contributed by atoms with van der Waals surface area (Å²) in [5.41, 5.74) is 2.26. The molecule has 10 atom stereocenters. The molecular weight excluding hydrogens is 1510 g/mol. The zero-order valence-electron chi connectivity index (χ0n) is 64.7. The van der Waals surface area contributed by atoms with E-state index in [2.05, 4.69) is 21.4 Å². The van der Waals surface area contributed by atoms with Crippen LogP contribution in [0.25, 0.3) is 0 Å². The van der Waals surface area contributed by atoms with Gasteiger partial charge in [0.05, 0.1) is 169 Å². The first-order valence-electron chi connectivity index (χ1n) is 37.1. The van der Waals surface area contributed by atoms with Gasteiger partial charge in [0.1, 0.15) is 79.3 Å². The number of carboxylic acids is 1. The van der Waals surface area contributed by atoms with Gasteiger partial charge in [-0.15, -0.1) is 0 Å². The summed E-state index contributed by atoms with van der Waals surface area (Å²) in [5.74, 6) is -5.08. The number of carbonyl (C=O) groups excluding carboxylic acids is 8. The summed E-state index contributed by atoms with van der Waals surface area (Å²) in [5, 5.41) is 78.4. The van der Waals surface area contributed by atoms with Crippen LogP contribution < -0.4 is 30.9 Å². The fraction of sp³-hybridized carbons (Fsp3) is 0.712. The van der Waals surface area contributed by atoms with Crippen LogP contribution in [0.4, 0.5) is 4.79 Å². The molecule has 642 valence electrons. The number of aliphatic hydroxyl groups is 6. The van der Waals surface area contributed by atoms with E-state index in [1.54, 1.807) is 26.8 Å². The van der Waals surface area contributed by atoms with Crippen LogP contribution in [0.2, 0.25) is 0 Å². The van der Waals surface area contributed by atoms with Gasteiger partial charge < -0.3 is 142 Å². The van der Waals surface area contributed by atoms with Crippen LogP contribution in [0.1, 0.15) is 105 Å². The third kappa shape index (κ3) is 43.2. The summed E-state index contributed by atoms with van der Waals surface area (Å²) in [4.78, 5) is 117. The van der Waals surface area contributed by atoms with Crippen molar-refractivity contribution in [3.63, 3.8) is 0 Å². The standard InChI is InChI=1S/C73H114N4O36/c1-48(78)106-44-50-10-14-58(110-70-64(87)61(84)57(82)46-108-70)53(42-50)67(89)74-16-20-96-24-28-100-33-37-103-35-31-99-27-23-95-19-7-9-56(81)55(76-60(83)47-105-39-38-104-40-41-109-77-72(93)113-73(3,4)5)13-12-52(80)8-6-18-94-22-26-98-30-34-102-36-32-101-29-25-97-21-17-75-68(90)54-43-51(45-107-49(2)79)11-15-59(54)111-71-65(88)62(85)63(86)66(112-71)69(91)92/h10-11,14-15,42-43,55,57,61-66,70-71,82,84-88H,6-9,12-13,16-41,44-47H2,1-5H3,(H,74,89)(H,75,90)(H,76,83)(H,77,93)(H,91,92)/t55-,57+,61-,62-,63-,64+,65+,66-,70-,71+/m0/s1. The SMILES string of the molecule is CC(=O)OCc1ccc(O[C@@H]2O[C@H](C(=O)O)[C@@H](O)[C@H](O)[C@H]2O)c(C(=O)NCCOCCOCCOCCOCCOCCCC(=O)CC[C@H](NC(=O)COCCOCCONC(=O)OC(C)(C)C)C(=O)CCCOCCOCCOCCOCCOCCNC(=O)c2cc(COC(C)=O)ccc2O[C@@H]2OC[C@@H](O)[C@H](O)[C@H]2O)c1. The molecule has 4 amide bonds. The molecule has 0 spiro atoms. The van der Waals surface area contributed by atoms with Crippen LogP contribution >= 0.6 is 0 Å². The Morgan fingerprint density at radius 1 is 0.487 bits per heavy atom. The number of nitrogens with one attached hydrogen (secondary N) is 4. The number of aliphatic carboxylic acids is 1. The Bertz CT molecular complexity index is 3090. The largest absolute Gasteiger partial charge is 0.479 e. The number of benzene rings is 2. The van der Waals surface area contributed by atoms with Crippen molar-refractivity contribution in [2.24, 2.45) is 0 Å². The molecule has 0 saturated carbocycles. The van der Waals surface area contributed by atoms with Gasteiger partial charge >= 0.3 is 24.0 Å². The summed E-state index contributed by atoms with van der Waals surface area (Å²) >= 11 is 0. The second-order valence-corrected chi connectivity index (χ2v) is 26.1. The number of aliphatic hydroxyl groups excluding tert-OH is 6. The summed E-state index contributed by atoms with van der Waals surface area (Å²) in [7, 11) is 0. The molecule has 4 rings (SSSR count). The molecule has 2 aromatic rings. The molecule has 2 aromatic carbocycles. The van der Waals surface area contributed by atoms with E-state index < -0.39 is 109 Å². The number of ketones is 2. The average Bonchev–Trinajstić information content (AvgIpc) is 0.795. The zero-order chi connectivity index (χ0) is 82.6. The predicted octanol–water partition coefficient (Wildman–Crippen LogP) is -1.32. The molecule has 0 aliphatic carbocycles. The lowest BCUT2D eigenvalue weighted by molar-refractivity contribution is -0.271. The molecule has 2 heterocycles. The molecule has 113 heavy (non-hydrogen) atoms. The average molecular weight is 1620 g/mol. The van der Waals surface area contributed by atoms with E-state index in [9.17, 15) is 78.9 Å². The quantitative estimate of drug-likeness (QED) is 0.0158. The molecule has 2 saturated heterocycles. The zero-order valence-corrected chi connectivity index (χ0v) is 64.7. The highest BCUT2D eigenvalue weighted by atomic mass is 16.7. The number of esters is 2. The van der Waals surface area contributed by atoms with Crippen LogP contribution in [0.3, 0.4) is 0 Å². The van der Waals surface area contributed by atoms with E-state index in [0.717, 1.165) is 0 Å². The van der Waals surface area contributed by atoms with Crippen molar-refractivity contribution in [1.82, 2.24) is 21.4 Å². The maximum absolute atomic E-state index is 13.4. The lowest BCUT2D eigenvalue weighted by atomic mass is 9.99. The summed E-state index contributed by atoms with van der Waals surface area (Å²) in [6, 6.07) is 7.59. The molecule has 0 radical (unpaired) electrons. The van der Waals surface area contributed by atoms with Gasteiger partial charge in [0.15, 0.2) is 11.9 Å². The van der Waals surface area contributed by atoms with Crippen molar-refractivity contribution in [1.29, 1.82) is 0 Å². The Morgan fingerprint density at radius 3 is 1.35 bits per heavy atom. The summed E-state index contributed by atoms with van der Waals surface area (Å²) < 4.78 is 104. The van der Waals surface area contributed by atoms with Crippen molar-refractivity contribution < 1.29 is 174 Å². The monoisotopic (exact) mass is 1620 g/mol. The number of hydroxylamine groups is 1. The van der Waals surface area contributed by atoms with Crippen LogP contribution in [0, 0.1) is 0 Å². The minimum atomic E-state index is -1.96. The van der Waals surface area contributed by atoms with E-state index in [0.29, 0.717) is 37.2 Å². The smallest absolute Gasteiger partial charge is 0.431 e. The van der Waals surface area contributed by atoms with Gasteiger partial charge in [-0.25, -0.2) is 9.59 Å². The lowest BCUT2D eigenvalue weighted by Crippen LogP contribution is -2.61. The number of carboxylic acid groups (broad SMARTS) is 1. The van der Waals surface area contributed by atoms with Crippen LogP contribution in [0.15, 0.2) is 36.4 Å². The molecule has 0 bridgehead atoms. The van der Waals surface area contributed by atoms with Gasteiger partial charge in [-0.2, -0.15) is 5.48 Å². The Kier molecular flexibility index (Phi) is 50.0. The van der Waals surface area contributed by atoms with Crippen molar-refractivity contribution in [2.75, 3.05) is 185 Å². The maximum atomic E-state index is 13.4.